The zero-order valence-electron chi connectivity index (χ0n) is 10.9. The Morgan fingerprint density at radius 2 is 1.89 bits per heavy atom. The molecule has 2 N–H and O–H groups in total. The molecule has 0 unspecified atom stereocenters. The minimum absolute atomic E-state index is 0. The van der Waals surface area contributed by atoms with E-state index in [1.165, 1.54) is 9.87 Å². The molecule has 1 heterocycles. The van der Waals surface area contributed by atoms with E-state index in [9.17, 15) is 8.42 Å². The lowest BCUT2D eigenvalue weighted by Gasteiger charge is -2.28. The number of nitrogens with zero attached hydrogens (tertiary/aromatic N) is 1. The molecule has 0 aliphatic carbocycles. The van der Waals surface area contributed by atoms with E-state index < -0.39 is 10.2 Å². The molecule has 0 fully saturated rings. The zero-order chi connectivity index (χ0) is 13.0. The van der Waals surface area contributed by atoms with Crippen molar-refractivity contribution in [3.63, 3.8) is 0 Å². The van der Waals surface area contributed by atoms with Crippen LogP contribution in [0.1, 0.15) is 11.1 Å². The molecule has 2 rings (SSSR count). The Balaban J connectivity index is 0.00000180. The maximum absolute atomic E-state index is 12.1. The van der Waals surface area contributed by atoms with Gasteiger partial charge in [-0.25, -0.2) is 4.72 Å². The van der Waals surface area contributed by atoms with Gasteiger partial charge in [0.25, 0.3) is 10.2 Å². The summed E-state index contributed by atoms with van der Waals surface area (Å²) in [4.78, 5) is 0. The van der Waals surface area contributed by atoms with Crippen molar-refractivity contribution >= 4 is 22.6 Å². The van der Waals surface area contributed by atoms with Crippen LogP contribution in [0.3, 0.4) is 0 Å². The van der Waals surface area contributed by atoms with Gasteiger partial charge in [0.15, 0.2) is 0 Å². The molecule has 1 aromatic rings. The van der Waals surface area contributed by atoms with E-state index in [1.54, 1.807) is 7.05 Å². The Bertz CT molecular complexity index is 507. The minimum Gasteiger partial charge on any atom is -0.318 e. The highest BCUT2D eigenvalue weighted by Gasteiger charge is 2.25. The van der Waals surface area contributed by atoms with Gasteiger partial charge in [0.1, 0.15) is 0 Å². The Hall–Kier alpha value is -0.660. The number of hydrogen-bond donors (Lipinski definition) is 2. The molecule has 0 saturated heterocycles. The van der Waals surface area contributed by atoms with Crippen molar-refractivity contribution < 1.29 is 8.42 Å². The first-order chi connectivity index (χ1) is 8.63. The van der Waals surface area contributed by atoms with Crippen LogP contribution in [0, 0.1) is 0 Å². The molecule has 1 aliphatic heterocycles. The zero-order valence-corrected chi connectivity index (χ0v) is 12.6. The second-order valence-corrected chi connectivity index (χ2v) is 6.11. The van der Waals surface area contributed by atoms with Gasteiger partial charge >= 0.3 is 0 Å². The summed E-state index contributed by atoms with van der Waals surface area (Å²) in [5.41, 5.74) is 2.35. The second-order valence-electron chi connectivity index (χ2n) is 4.36. The first-order valence-corrected chi connectivity index (χ1v) is 7.53. The monoisotopic (exact) mass is 305 g/mol. The fraction of sp³-hybridized carbons (Fsp3) is 0.500. The SMILES string of the molecule is CNCCNS(=O)(=O)N1CCc2ccccc2C1.Cl. The molecule has 0 amide bonds. The molecular formula is C12H20ClN3O2S. The summed E-state index contributed by atoms with van der Waals surface area (Å²) < 4.78 is 28.2. The van der Waals surface area contributed by atoms with Crippen LogP contribution < -0.4 is 10.0 Å². The van der Waals surface area contributed by atoms with Gasteiger partial charge in [-0.3, -0.25) is 0 Å². The number of fused-ring (bicyclic) bond motifs is 1. The molecule has 0 aromatic heterocycles. The van der Waals surface area contributed by atoms with E-state index in [4.69, 9.17) is 0 Å². The topological polar surface area (TPSA) is 61.4 Å². The number of likely N-dealkylation sites (N-methyl/N-ethyl adjacent to an activating group) is 1. The van der Waals surface area contributed by atoms with Crippen LogP contribution in [-0.2, 0) is 23.2 Å². The molecule has 0 radical (unpaired) electrons. The summed E-state index contributed by atoms with van der Waals surface area (Å²) in [6, 6.07) is 8.00. The van der Waals surface area contributed by atoms with Gasteiger partial charge in [0.05, 0.1) is 0 Å². The summed E-state index contributed by atoms with van der Waals surface area (Å²) >= 11 is 0. The van der Waals surface area contributed by atoms with Crippen LogP contribution in [0.25, 0.3) is 0 Å². The molecule has 0 spiro atoms. The molecule has 0 atom stereocenters. The number of nitrogens with one attached hydrogen (secondary N) is 2. The molecule has 0 saturated carbocycles. The molecule has 1 aromatic carbocycles. The van der Waals surface area contributed by atoms with E-state index in [1.807, 2.05) is 18.2 Å². The Morgan fingerprint density at radius 3 is 2.58 bits per heavy atom. The smallest absolute Gasteiger partial charge is 0.279 e. The standard InChI is InChI=1S/C12H19N3O2S.ClH/c1-13-7-8-14-18(16,17)15-9-6-11-4-2-3-5-12(11)10-15;/h2-5,13-14H,6-10H2,1H3;1H. The van der Waals surface area contributed by atoms with Crippen LogP contribution in [0.5, 0.6) is 0 Å². The first kappa shape index (κ1) is 16.4. The van der Waals surface area contributed by atoms with Gasteiger partial charge in [-0.15, -0.1) is 12.4 Å². The molecule has 108 valence electrons. The number of hydrogen-bond acceptors (Lipinski definition) is 3. The highest BCUT2D eigenvalue weighted by Crippen LogP contribution is 2.19. The highest BCUT2D eigenvalue weighted by molar-refractivity contribution is 7.87. The third-order valence-corrected chi connectivity index (χ3v) is 4.66. The Morgan fingerprint density at radius 1 is 1.21 bits per heavy atom. The molecule has 0 bridgehead atoms. The minimum atomic E-state index is -3.35. The summed E-state index contributed by atoms with van der Waals surface area (Å²) in [5, 5.41) is 2.91. The average molecular weight is 306 g/mol. The Kier molecular flexibility index (Phi) is 6.22. The van der Waals surface area contributed by atoms with Crippen LogP contribution in [-0.4, -0.2) is 39.4 Å². The maximum atomic E-state index is 12.1. The number of rotatable bonds is 5. The normalized spacial score (nSPS) is 15.6. The van der Waals surface area contributed by atoms with Crippen LogP contribution in [0.2, 0.25) is 0 Å². The molecule has 19 heavy (non-hydrogen) atoms. The van der Waals surface area contributed by atoms with Crippen molar-refractivity contribution in [1.82, 2.24) is 14.3 Å². The summed E-state index contributed by atoms with van der Waals surface area (Å²) in [7, 11) is -1.56. The largest absolute Gasteiger partial charge is 0.318 e. The quantitative estimate of drug-likeness (QED) is 0.780. The summed E-state index contributed by atoms with van der Waals surface area (Å²) in [6.07, 6.45) is 0.781. The van der Waals surface area contributed by atoms with Crippen molar-refractivity contribution in [3.8, 4) is 0 Å². The van der Waals surface area contributed by atoms with Gasteiger partial charge in [0.2, 0.25) is 0 Å². The van der Waals surface area contributed by atoms with Crippen LogP contribution in [0.4, 0.5) is 0 Å². The highest BCUT2D eigenvalue weighted by atomic mass is 35.5. The number of halogens is 1. The molecule has 7 heteroatoms. The van der Waals surface area contributed by atoms with Crippen molar-refractivity contribution in [2.24, 2.45) is 0 Å². The van der Waals surface area contributed by atoms with Crippen LogP contribution >= 0.6 is 12.4 Å². The van der Waals surface area contributed by atoms with Crippen molar-refractivity contribution in [2.45, 2.75) is 13.0 Å². The lowest BCUT2D eigenvalue weighted by Crippen LogP contribution is -2.44. The predicted molar refractivity (Wildman–Crippen MR) is 78.7 cm³/mol. The lowest BCUT2D eigenvalue weighted by molar-refractivity contribution is 0.384. The second kappa shape index (κ2) is 7.21. The van der Waals surface area contributed by atoms with Gasteiger partial charge in [-0.2, -0.15) is 12.7 Å². The van der Waals surface area contributed by atoms with Crippen molar-refractivity contribution in [2.75, 3.05) is 26.7 Å². The van der Waals surface area contributed by atoms with E-state index in [2.05, 4.69) is 16.1 Å². The van der Waals surface area contributed by atoms with Gasteiger partial charge in [0, 0.05) is 26.2 Å². The van der Waals surface area contributed by atoms with Gasteiger partial charge < -0.3 is 5.32 Å². The number of benzene rings is 1. The molecule has 5 nitrogen and oxygen atoms in total. The maximum Gasteiger partial charge on any atom is 0.279 e. The predicted octanol–water partition coefficient (Wildman–Crippen LogP) is 0.520. The first-order valence-electron chi connectivity index (χ1n) is 6.09. The third-order valence-electron chi connectivity index (χ3n) is 3.10. The van der Waals surface area contributed by atoms with E-state index in [0.29, 0.717) is 26.2 Å². The van der Waals surface area contributed by atoms with Crippen molar-refractivity contribution in [3.05, 3.63) is 35.4 Å². The lowest BCUT2D eigenvalue weighted by atomic mass is 10.0. The fourth-order valence-electron chi connectivity index (χ4n) is 2.07. The molecule has 1 aliphatic rings. The third kappa shape index (κ3) is 4.15. The fourth-order valence-corrected chi connectivity index (χ4v) is 3.25. The van der Waals surface area contributed by atoms with E-state index in [-0.39, 0.29) is 12.4 Å². The average Bonchev–Trinajstić information content (AvgIpc) is 2.38. The Labute approximate surface area is 121 Å². The van der Waals surface area contributed by atoms with Gasteiger partial charge in [-0.1, -0.05) is 24.3 Å². The van der Waals surface area contributed by atoms with Crippen molar-refractivity contribution in [1.29, 1.82) is 0 Å². The molecular weight excluding hydrogens is 286 g/mol. The summed E-state index contributed by atoms with van der Waals surface area (Å²) in [5.74, 6) is 0. The van der Waals surface area contributed by atoms with E-state index >= 15 is 0 Å². The summed E-state index contributed by atoms with van der Waals surface area (Å²) in [6.45, 7) is 2.05. The van der Waals surface area contributed by atoms with E-state index in [0.717, 1.165) is 12.0 Å². The van der Waals surface area contributed by atoms with Gasteiger partial charge in [-0.05, 0) is 24.6 Å². The van der Waals surface area contributed by atoms with Crippen LogP contribution in [0.15, 0.2) is 24.3 Å².